The molecule has 0 fully saturated rings. The molecule has 1 N–H and O–H groups in total. The van der Waals surface area contributed by atoms with Crippen LogP contribution in [0.1, 0.15) is 0 Å². The first kappa shape index (κ1) is 16.8. The Bertz CT molecular complexity index is 919. The highest BCUT2D eigenvalue weighted by atomic mass is 35.5. The fraction of sp³-hybridized carbons (Fsp3) is 0. The maximum Gasteiger partial charge on any atom is 0.163 e. The van der Waals surface area contributed by atoms with Crippen LogP contribution < -0.4 is 10.1 Å². The van der Waals surface area contributed by atoms with Crippen LogP contribution in [0, 0.1) is 39.8 Å². The van der Waals surface area contributed by atoms with Crippen molar-refractivity contribution < 1.29 is 9.13 Å². The SMILES string of the molecule is N#CC(C#N)=C(C#N)Nc1ccc(Oc2cccc(F)c2)c(Cl)c1. The maximum atomic E-state index is 13.1. The Morgan fingerprint density at radius 2 is 1.79 bits per heavy atom. The molecule has 0 aliphatic rings. The number of nitriles is 3. The van der Waals surface area contributed by atoms with Gasteiger partial charge in [0.1, 0.15) is 41.2 Å². The first-order chi connectivity index (χ1) is 11.6. The maximum absolute atomic E-state index is 13.1. The minimum Gasteiger partial charge on any atom is -0.456 e. The van der Waals surface area contributed by atoms with Gasteiger partial charge < -0.3 is 10.1 Å². The molecule has 0 bridgehead atoms. The Kier molecular flexibility index (Phi) is 5.36. The van der Waals surface area contributed by atoms with E-state index in [-0.39, 0.29) is 27.8 Å². The van der Waals surface area contributed by atoms with Crippen molar-refractivity contribution >= 4 is 17.3 Å². The van der Waals surface area contributed by atoms with Gasteiger partial charge >= 0.3 is 0 Å². The second kappa shape index (κ2) is 7.65. The summed E-state index contributed by atoms with van der Waals surface area (Å²) in [5.41, 5.74) is -0.130. The van der Waals surface area contributed by atoms with Crippen molar-refractivity contribution in [2.24, 2.45) is 0 Å². The zero-order valence-corrected chi connectivity index (χ0v) is 12.8. The molecule has 0 atom stereocenters. The number of allylic oxidation sites excluding steroid dienone is 2. The number of hydrogen-bond donors (Lipinski definition) is 1. The molecule has 116 valence electrons. The molecular weight excluding hydrogens is 331 g/mol. The van der Waals surface area contributed by atoms with Gasteiger partial charge in [-0.05, 0) is 30.3 Å². The van der Waals surface area contributed by atoms with Gasteiger partial charge in [-0.3, -0.25) is 0 Å². The molecule has 5 nitrogen and oxygen atoms in total. The van der Waals surface area contributed by atoms with Crippen LogP contribution in [-0.2, 0) is 0 Å². The van der Waals surface area contributed by atoms with E-state index in [9.17, 15) is 4.39 Å². The Morgan fingerprint density at radius 3 is 2.38 bits per heavy atom. The molecule has 0 aliphatic carbocycles. The third-order valence-corrected chi connectivity index (χ3v) is 3.11. The molecule has 0 heterocycles. The summed E-state index contributed by atoms with van der Waals surface area (Å²) in [5.74, 6) is 0.133. The van der Waals surface area contributed by atoms with Crippen molar-refractivity contribution in [3.05, 3.63) is 64.6 Å². The summed E-state index contributed by atoms with van der Waals surface area (Å²) in [6.45, 7) is 0. The third-order valence-electron chi connectivity index (χ3n) is 2.81. The second-order valence-corrected chi connectivity index (χ2v) is 4.82. The average molecular weight is 339 g/mol. The first-order valence-corrected chi connectivity index (χ1v) is 6.89. The van der Waals surface area contributed by atoms with Gasteiger partial charge in [-0.2, -0.15) is 15.8 Å². The number of anilines is 1. The van der Waals surface area contributed by atoms with Gasteiger partial charge in [-0.25, -0.2) is 4.39 Å². The zero-order valence-electron chi connectivity index (χ0n) is 12.0. The number of halogens is 2. The summed E-state index contributed by atoms with van der Waals surface area (Å²) >= 11 is 6.11. The van der Waals surface area contributed by atoms with E-state index in [1.165, 1.54) is 30.3 Å². The molecule has 0 unspecified atom stereocenters. The molecule has 2 rings (SSSR count). The lowest BCUT2D eigenvalue weighted by Crippen LogP contribution is -2.00. The van der Waals surface area contributed by atoms with E-state index in [4.69, 9.17) is 32.1 Å². The van der Waals surface area contributed by atoms with Gasteiger partial charge in [0, 0.05) is 11.8 Å². The minimum atomic E-state index is -0.439. The lowest BCUT2D eigenvalue weighted by Gasteiger charge is -2.10. The summed E-state index contributed by atoms with van der Waals surface area (Å²) in [7, 11) is 0. The normalized spacial score (nSPS) is 9.12. The Hall–Kier alpha value is -3.53. The smallest absolute Gasteiger partial charge is 0.163 e. The van der Waals surface area contributed by atoms with Crippen molar-refractivity contribution in [1.82, 2.24) is 0 Å². The lowest BCUT2D eigenvalue weighted by atomic mass is 10.2. The summed E-state index contributed by atoms with van der Waals surface area (Å²) < 4.78 is 18.6. The highest BCUT2D eigenvalue weighted by Gasteiger charge is 2.09. The predicted molar refractivity (Wildman–Crippen MR) is 85.4 cm³/mol. The number of nitrogens with one attached hydrogen (secondary N) is 1. The molecule has 2 aromatic carbocycles. The molecule has 24 heavy (non-hydrogen) atoms. The van der Waals surface area contributed by atoms with E-state index in [2.05, 4.69) is 5.32 Å². The van der Waals surface area contributed by atoms with Crippen LogP contribution in [0.25, 0.3) is 0 Å². The highest BCUT2D eigenvalue weighted by Crippen LogP contribution is 2.32. The van der Waals surface area contributed by atoms with Crippen LogP contribution in [0.3, 0.4) is 0 Å². The largest absolute Gasteiger partial charge is 0.456 e. The fourth-order valence-electron chi connectivity index (χ4n) is 1.75. The first-order valence-electron chi connectivity index (χ1n) is 6.52. The monoisotopic (exact) mass is 338 g/mol. The molecule has 0 aliphatic heterocycles. The van der Waals surface area contributed by atoms with Crippen molar-refractivity contribution in [3.8, 4) is 29.7 Å². The number of ether oxygens (including phenoxy) is 1. The number of benzene rings is 2. The van der Waals surface area contributed by atoms with Crippen LogP contribution in [-0.4, -0.2) is 0 Å². The molecule has 0 aromatic heterocycles. The zero-order chi connectivity index (χ0) is 17.5. The van der Waals surface area contributed by atoms with E-state index in [1.54, 1.807) is 30.3 Å². The van der Waals surface area contributed by atoms with Gasteiger partial charge in [0.15, 0.2) is 5.57 Å². The molecular formula is C17H8ClFN4O. The van der Waals surface area contributed by atoms with Gasteiger partial charge in [0.05, 0.1) is 5.02 Å². The van der Waals surface area contributed by atoms with Gasteiger partial charge in [0.2, 0.25) is 0 Å². The molecule has 0 spiro atoms. The summed E-state index contributed by atoms with van der Waals surface area (Å²) in [6, 6.07) is 15.1. The summed E-state index contributed by atoms with van der Waals surface area (Å²) in [6.07, 6.45) is 0. The van der Waals surface area contributed by atoms with Gasteiger partial charge in [0.25, 0.3) is 0 Å². The van der Waals surface area contributed by atoms with Gasteiger partial charge in [-0.1, -0.05) is 17.7 Å². The number of hydrogen-bond acceptors (Lipinski definition) is 5. The molecule has 0 saturated heterocycles. The average Bonchev–Trinajstić information content (AvgIpc) is 2.57. The molecule has 2 aromatic rings. The highest BCUT2D eigenvalue weighted by molar-refractivity contribution is 6.32. The standard InChI is InChI=1S/C17H8ClFN4O/c18-15-7-13(23-16(10-22)11(8-20)9-21)4-5-17(15)24-14-3-1-2-12(19)6-14/h1-7,23H. The lowest BCUT2D eigenvalue weighted by molar-refractivity contribution is 0.477. The van der Waals surface area contributed by atoms with Crippen molar-refractivity contribution in [1.29, 1.82) is 15.8 Å². The quantitative estimate of drug-likeness (QED) is 0.828. The summed E-state index contributed by atoms with van der Waals surface area (Å²) in [4.78, 5) is 0. The van der Waals surface area contributed by atoms with Crippen LogP contribution in [0.4, 0.5) is 10.1 Å². The second-order valence-electron chi connectivity index (χ2n) is 4.42. The number of rotatable bonds is 4. The topological polar surface area (TPSA) is 92.6 Å². The Labute approximate surface area is 142 Å². The van der Waals surface area contributed by atoms with Crippen LogP contribution in [0.15, 0.2) is 53.7 Å². The van der Waals surface area contributed by atoms with Crippen LogP contribution >= 0.6 is 11.6 Å². The molecule has 0 saturated carbocycles. The fourth-order valence-corrected chi connectivity index (χ4v) is 1.97. The van der Waals surface area contributed by atoms with Crippen LogP contribution in [0.2, 0.25) is 5.02 Å². The molecule has 7 heteroatoms. The van der Waals surface area contributed by atoms with E-state index in [0.717, 1.165) is 0 Å². The minimum absolute atomic E-state index is 0.185. The van der Waals surface area contributed by atoms with Crippen molar-refractivity contribution in [2.45, 2.75) is 0 Å². The molecule has 0 radical (unpaired) electrons. The van der Waals surface area contributed by atoms with E-state index in [0.29, 0.717) is 5.69 Å². The Balaban J connectivity index is 2.25. The van der Waals surface area contributed by atoms with E-state index in [1.807, 2.05) is 0 Å². The Morgan fingerprint density at radius 1 is 1.04 bits per heavy atom. The van der Waals surface area contributed by atoms with Crippen molar-refractivity contribution in [2.75, 3.05) is 5.32 Å². The van der Waals surface area contributed by atoms with Crippen LogP contribution in [0.5, 0.6) is 11.5 Å². The third kappa shape index (κ3) is 4.01. The van der Waals surface area contributed by atoms with Crippen molar-refractivity contribution in [3.63, 3.8) is 0 Å². The van der Waals surface area contributed by atoms with E-state index < -0.39 is 5.82 Å². The van der Waals surface area contributed by atoms with Gasteiger partial charge in [-0.15, -0.1) is 0 Å². The van der Waals surface area contributed by atoms with E-state index >= 15 is 0 Å². The molecule has 0 amide bonds. The predicted octanol–water partition coefficient (Wildman–Crippen LogP) is 4.51. The number of nitrogens with zero attached hydrogens (tertiary/aromatic N) is 3. The summed E-state index contributed by atoms with van der Waals surface area (Å²) in [5, 5.41) is 29.4.